The van der Waals surface area contributed by atoms with Crippen molar-refractivity contribution < 1.29 is 8.81 Å². The first-order valence-corrected chi connectivity index (χ1v) is 13.2. The second-order valence-electron chi connectivity index (χ2n) is 11.4. The molecule has 0 aliphatic heterocycles. The minimum atomic E-state index is -0.246. The molecule has 0 spiro atoms. The van der Waals surface area contributed by atoms with Gasteiger partial charge in [-0.3, -0.25) is 4.57 Å². The van der Waals surface area contributed by atoms with E-state index in [0.717, 1.165) is 72.1 Å². The predicted molar refractivity (Wildman–Crippen MR) is 157 cm³/mol. The maximum atomic E-state index is 14.4. The molecule has 0 aliphatic rings. The molecule has 39 heavy (non-hydrogen) atoms. The Morgan fingerprint density at radius 3 is 2.28 bits per heavy atom. The average molecular weight is 514 g/mol. The molecule has 0 unspecified atom stereocenters. The van der Waals surface area contributed by atoms with Crippen molar-refractivity contribution in [2.45, 2.75) is 40.0 Å². The molecule has 0 aliphatic carbocycles. The molecule has 0 radical (unpaired) electrons. The molecule has 192 valence electrons. The van der Waals surface area contributed by atoms with E-state index in [9.17, 15) is 4.39 Å². The molecule has 5 heteroatoms. The summed E-state index contributed by atoms with van der Waals surface area (Å²) >= 11 is 0. The minimum absolute atomic E-state index is 0.0946. The van der Waals surface area contributed by atoms with Crippen LogP contribution in [0.2, 0.25) is 0 Å². The van der Waals surface area contributed by atoms with Crippen molar-refractivity contribution in [2.75, 3.05) is 0 Å². The standard InChI is InChI=1S/C34H28FN3O/c1-19-17-22(35)18-20(2)29(19)38-30-23-10-7-6-9-21(23)13-15-27(30)36-32(38)26-12-8-11-24-25-14-16-28(34(3,4)5)37-33(25)39-31(24)26/h6-18H,1-5H3. The Bertz CT molecular complexity index is 2070. The van der Waals surface area contributed by atoms with Crippen molar-refractivity contribution in [3.8, 4) is 17.1 Å². The number of hydrogen-bond donors (Lipinski definition) is 0. The lowest BCUT2D eigenvalue weighted by Gasteiger charge is -2.16. The van der Waals surface area contributed by atoms with Crippen LogP contribution in [-0.4, -0.2) is 14.5 Å². The van der Waals surface area contributed by atoms with E-state index in [2.05, 4.69) is 67.8 Å². The van der Waals surface area contributed by atoms with E-state index in [4.69, 9.17) is 14.4 Å². The molecule has 3 heterocycles. The summed E-state index contributed by atoms with van der Waals surface area (Å²) in [5.74, 6) is 0.504. The van der Waals surface area contributed by atoms with Crippen molar-refractivity contribution in [2.24, 2.45) is 0 Å². The van der Waals surface area contributed by atoms with Gasteiger partial charge in [0.15, 0.2) is 0 Å². The zero-order chi connectivity index (χ0) is 27.1. The monoisotopic (exact) mass is 513 g/mol. The smallest absolute Gasteiger partial charge is 0.227 e. The molecule has 0 saturated heterocycles. The van der Waals surface area contributed by atoms with Crippen LogP contribution in [0, 0.1) is 19.7 Å². The van der Waals surface area contributed by atoms with Crippen molar-refractivity contribution in [3.05, 3.63) is 102 Å². The van der Waals surface area contributed by atoms with Gasteiger partial charge in [0, 0.05) is 27.3 Å². The van der Waals surface area contributed by atoms with Gasteiger partial charge in [0.25, 0.3) is 0 Å². The van der Waals surface area contributed by atoms with Gasteiger partial charge >= 0.3 is 0 Å². The molecule has 0 N–H and O–H groups in total. The number of aryl methyl sites for hydroxylation is 2. The van der Waals surface area contributed by atoms with Crippen LogP contribution in [0.1, 0.15) is 37.6 Å². The number of furan rings is 1. The molecule has 0 fully saturated rings. The Kier molecular flexibility index (Phi) is 4.99. The van der Waals surface area contributed by atoms with Crippen LogP contribution < -0.4 is 0 Å². The van der Waals surface area contributed by atoms with E-state index in [1.807, 2.05) is 38.1 Å². The molecule has 0 atom stereocenters. The summed E-state index contributed by atoms with van der Waals surface area (Å²) in [6.07, 6.45) is 0. The maximum absolute atomic E-state index is 14.4. The lowest BCUT2D eigenvalue weighted by molar-refractivity contribution is 0.562. The van der Waals surface area contributed by atoms with Crippen LogP contribution in [0.4, 0.5) is 4.39 Å². The van der Waals surface area contributed by atoms with E-state index >= 15 is 0 Å². The first kappa shape index (κ1) is 23.6. The fourth-order valence-corrected chi connectivity index (χ4v) is 5.77. The van der Waals surface area contributed by atoms with Gasteiger partial charge < -0.3 is 4.42 Å². The predicted octanol–water partition coefficient (Wildman–Crippen LogP) is 9.19. The zero-order valence-electron chi connectivity index (χ0n) is 22.6. The lowest BCUT2D eigenvalue weighted by Crippen LogP contribution is -2.12. The lowest BCUT2D eigenvalue weighted by atomic mass is 9.91. The number of nitrogens with zero attached hydrogens (tertiary/aromatic N) is 3. The third kappa shape index (κ3) is 3.57. The normalized spacial score (nSPS) is 12.4. The average Bonchev–Trinajstić information content (AvgIpc) is 3.46. The zero-order valence-corrected chi connectivity index (χ0v) is 22.6. The Hall–Kier alpha value is -4.51. The quantitative estimate of drug-likeness (QED) is 0.231. The number of benzene rings is 4. The van der Waals surface area contributed by atoms with Gasteiger partial charge in [-0.05, 0) is 66.8 Å². The number of hydrogen-bond acceptors (Lipinski definition) is 3. The summed E-state index contributed by atoms with van der Waals surface area (Å²) < 4.78 is 23.1. The third-order valence-corrected chi connectivity index (χ3v) is 7.59. The highest BCUT2D eigenvalue weighted by atomic mass is 19.1. The highest BCUT2D eigenvalue weighted by Crippen LogP contribution is 2.40. The minimum Gasteiger partial charge on any atom is -0.437 e. The number of fused-ring (bicyclic) bond motifs is 6. The van der Waals surface area contributed by atoms with Crippen LogP contribution in [-0.2, 0) is 5.41 Å². The molecule has 4 nitrogen and oxygen atoms in total. The maximum Gasteiger partial charge on any atom is 0.227 e. The van der Waals surface area contributed by atoms with Crippen LogP contribution in [0.15, 0.2) is 83.3 Å². The summed E-state index contributed by atoms with van der Waals surface area (Å²) in [6.45, 7) is 10.3. The number of pyridine rings is 1. The molecule has 0 amide bonds. The van der Waals surface area contributed by atoms with Crippen molar-refractivity contribution in [1.82, 2.24) is 14.5 Å². The number of imidazole rings is 1. The number of halogens is 1. The third-order valence-electron chi connectivity index (χ3n) is 7.59. The summed E-state index contributed by atoms with van der Waals surface area (Å²) in [5, 5.41) is 4.18. The van der Waals surface area contributed by atoms with Gasteiger partial charge in [0.2, 0.25) is 5.71 Å². The van der Waals surface area contributed by atoms with Crippen LogP contribution >= 0.6 is 0 Å². The Morgan fingerprint density at radius 1 is 0.769 bits per heavy atom. The number of rotatable bonds is 2. The SMILES string of the molecule is Cc1cc(F)cc(C)c1-n1c(-c2cccc3c2oc2nc(C(C)(C)C)ccc23)nc2ccc3ccccc3c21. The Balaban J connectivity index is 1.62. The Morgan fingerprint density at radius 2 is 1.51 bits per heavy atom. The van der Waals surface area contributed by atoms with E-state index in [1.54, 1.807) is 12.1 Å². The first-order valence-electron chi connectivity index (χ1n) is 13.2. The van der Waals surface area contributed by atoms with Crippen LogP contribution in [0.3, 0.4) is 0 Å². The molecule has 7 aromatic rings. The molecule has 0 saturated carbocycles. The molecule has 0 bridgehead atoms. The highest BCUT2D eigenvalue weighted by molar-refractivity contribution is 6.10. The van der Waals surface area contributed by atoms with Crippen molar-refractivity contribution >= 4 is 43.9 Å². The van der Waals surface area contributed by atoms with E-state index in [0.29, 0.717) is 5.71 Å². The highest BCUT2D eigenvalue weighted by Gasteiger charge is 2.24. The molecule has 3 aromatic heterocycles. The van der Waals surface area contributed by atoms with Gasteiger partial charge in [-0.2, -0.15) is 0 Å². The van der Waals surface area contributed by atoms with Gasteiger partial charge in [-0.15, -0.1) is 0 Å². The van der Waals surface area contributed by atoms with Gasteiger partial charge in [0.1, 0.15) is 17.2 Å². The second kappa shape index (κ2) is 8.24. The molecular weight excluding hydrogens is 485 g/mol. The summed E-state index contributed by atoms with van der Waals surface area (Å²) in [4.78, 5) is 10.1. The summed E-state index contributed by atoms with van der Waals surface area (Å²) in [6, 6.07) is 26.0. The van der Waals surface area contributed by atoms with Crippen molar-refractivity contribution in [3.63, 3.8) is 0 Å². The van der Waals surface area contributed by atoms with E-state index < -0.39 is 0 Å². The number of para-hydroxylation sites is 1. The van der Waals surface area contributed by atoms with Gasteiger partial charge in [-0.25, -0.2) is 14.4 Å². The fraction of sp³-hybridized carbons (Fsp3) is 0.176. The van der Waals surface area contributed by atoms with Crippen molar-refractivity contribution in [1.29, 1.82) is 0 Å². The molecular formula is C34H28FN3O. The summed E-state index contributed by atoms with van der Waals surface area (Å²) in [7, 11) is 0. The van der Waals surface area contributed by atoms with Gasteiger partial charge in [0.05, 0.1) is 22.3 Å². The first-order chi connectivity index (χ1) is 18.7. The van der Waals surface area contributed by atoms with E-state index in [-0.39, 0.29) is 11.2 Å². The topological polar surface area (TPSA) is 43.9 Å². The van der Waals surface area contributed by atoms with Crippen LogP contribution in [0.5, 0.6) is 0 Å². The molecule has 7 rings (SSSR count). The van der Waals surface area contributed by atoms with E-state index in [1.165, 1.54) is 0 Å². The number of aromatic nitrogens is 3. The second-order valence-corrected chi connectivity index (χ2v) is 11.4. The summed E-state index contributed by atoms with van der Waals surface area (Å²) in [5.41, 5.74) is 7.57. The van der Waals surface area contributed by atoms with Crippen LogP contribution in [0.25, 0.3) is 61.0 Å². The Labute approximate surface area is 225 Å². The molecule has 4 aromatic carbocycles. The van der Waals surface area contributed by atoms with Gasteiger partial charge in [-0.1, -0.05) is 63.2 Å². The fourth-order valence-electron chi connectivity index (χ4n) is 5.77. The largest absolute Gasteiger partial charge is 0.437 e.